The minimum atomic E-state index is 1.25. The Balaban J connectivity index is 2.10. The third-order valence-corrected chi connectivity index (χ3v) is 4.84. The molecular weight excluding hydrogens is 295 g/mol. The first-order valence-electron chi connectivity index (χ1n) is 7.76. The molecule has 0 saturated carbocycles. The molecule has 23 heavy (non-hydrogen) atoms. The minimum absolute atomic E-state index is 1.25. The van der Waals surface area contributed by atoms with E-state index in [1.54, 1.807) is 0 Å². The van der Waals surface area contributed by atoms with Crippen LogP contribution in [0.4, 0.5) is 0 Å². The summed E-state index contributed by atoms with van der Waals surface area (Å²) in [5, 5.41) is 3.82. The molecule has 0 aliphatic heterocycles. The number of hydrogen-bond donors (Lipinski definition) is 0. The van der Waals surface area contributed by atoms with E-state index in [0.717, 1.165) is 0 Å². The van der Waals surface area contributed by atoms with Crippen LogP contribution in [0.25, 0.3) is 33.0 Å². The fraction of sp³-hybridized carbons (Fsp3) is 0. The summed E-state index contributed by atoms with van der Waals surface area (Å²) in [6, 6.07) is 32.1. The van der Waals surface area contributed by atoms with Gasteiger partial charge in [0, 0.05) is 0 Å². The molecule has 0 radical (unpaired) electrons. The Kier molecular flexibility index (Phi) is 3.69. The number of rotatable bonds is 2. The second-order valence-electron chi connectivity index (χ2n) is 5.67. The molecule has 4 rings (SSSR count). The molecule has 0 bridgehead atoms. The van der Waals surface area contributed by atoms with Crippen molar-refractivity contribution >= 4 is 25.3 Å². The first-order valence-corrected chi connectivity index (χ1v) is 8.34. The van der Waals surface area contributed by atoms with Crippen molar-refractivity contribution in [2.45, 2.75) is 0 Å². The molecule has 0 aromatic heterocycles. The lowest BCUT2D eigenvalue weighted by molar-refractivity contribution is 1.64. The fourth-order valence-electron chi connectivity index (χ4n) is 3.14. The summed E-state index contributed by atoms with van der Waals surface area (Å²) in [6.45, 7) is 0. The van der Waals surface area contributed by atoms with Crippen molar-refractivity contribution in [2.75, 3.05) is 0 Å². The van der Waals surface area contributed by atoms with E-state index in [4.69, 9.17) is 0 Å². The maximum atomic E-state index is 2.96. The second kappa shape index (κ2) is 5.99. The lowest BCUT2D eigenvalue weighted by atomic mass is 9.93. The summed E-state index contributed by atoms with van der Waals surface area (Å²) in [4.78, 5) is 0. The maximum absolute atomic E-state index is 2.96. The van der Waals surface area contributed by atoms with Crippen molar-refractivity contribution in [3.63, 3.8) is 0 Å². The van der Waals surface area contributed by atoms with Crippen molar-refractivity contribution in [2.24, 2.45) is 0 Å². The first-order chi connectivity index (χ1) is 11.3. The van der Waals surface area contributed by atoms with Crippen LogP contribution < -0.4 is 5.30 Å². The van der Waals surface area contributed by atoms with Crippen LogP contribution in [0.1, 0.15) is 0 Å². The Bertz CT molecular complexity index is 957. The Hall–Kier alpha value is -2.43. The van der Waals surface area contributed by atoms with Gasteiger partial charge in [0.1, 0.15) is 0 Å². The summed E-state index contributed by atoms with van der Waals surface area (Å²) >= 11 is 0. The zero-order chi connectivity index (χ0) is 15.6. The molecule has 0 aliphatic rings. The van der Waals surface area contributed by atoms with Gasteiger partial charge in [0.2, 0.25) is 0 Å². The summed E-state index contributed by atoms with van der Waals surface area (Å²) in [6.07, 6.45) is 0. The summed E-state index contributed by atoms with van der Waals surface area (Å²) in [5.74, 6) is 0. The highest BCUT2D eigenvalue weighted by atomic mass is 31.0. The fourth-order valence-corrected chi connectivity index (χ4v) is 3.71. The Morgan fingerprint density at radius 2 is 1.13 bits per heavy atom. The number of benzene rings is 4. The molecular formula is C22H17P. The summed E-state index contributed by atoms with van der Waals surface area (Å²) in [5.41, 5.74) is 5.08. The van der Waals surface area contributed by atoms with Crippen molar-refractivity contribution in [1.29, 1.82) is 0 Å². The minimum Gasteiger partial charge on any atom is -0.104 e. The first kappa shape index (κ1) is 14.2. The number of fused-ring (bicyclic) bond motifs is 1. The molecule has 0 fully saturated rings. The van der Waals surface area contributed by atoms with Gasteiger partial charge in [-0.15, -0.1) is 9.24 Å². The third-order valence-electron chi connectivity index (χ3n) is 4.24. The SMILES string of the molecule is Pc1c(-c2ccccc2)cc2ccccc2c1-c1ccccc1. The Labute approximate surface area is 139 Å². The van der Waals surface area contributed by atoms with Crippen LogP contribution >= 0.6 is 9.24 Å². The van der Waals surface area contributed by atoms with Gasteiger partial charge in [-0.1, -0.05) is 84.9 Å². The van der Waals surface area contributed by atoms with Gasteiger partial charge in [-0.3, -0.25) is 0 Å². The zero-order valence-corrected chi connectivity index (χ0v) is 13.9. The van der Waals surface area contributed by atoms with Crippen LogP contribution in [0.5, 0.6) is 0 Å². The molecule has 110 valence electrons. The molecule has 4 aromatic carbocycles. The van der Waals surface area contributed by atoms with Gasteiger partial charge in [-0.05, 0) is 44.4 Å². The van der Waals surface area contributed by atoms with Crippen molar-refractivity contribution in [3.8, 4) is 22.3 Å². The van der Waals surface area contributed by atoms with E-state index in [2.05, 4.69) is 100 Å². The smallest absolute Gasteiger partial charge is 0.00275 e. The monoisotopic (exact) mass is 312 g/mol. The molecule has 1 heteroatoms. The maximum Gasteiger partial charge on any atom is -0.00275 e. The van der Waals surface area contributed by atoms with Gasteiger partial charge in [-0.25, -0.2) is 0 Å². The van der Waals surface area contributed by atoms with E-state index < -0.39 is 0 Å². The largest absolute Gasteiger partial charge is 0.104 e. The van der Waals surface area contributed by atoms with Gasteiger partial charge in [0.05, 0.1) is 0 Å². The molecule has 1 atom stereocenters. The van der Waals surface area contributed by atoms with E-state index in [9.17, 15) is 0 Å². The molecule has 0 spiro atoms. The van der Waals surface area contributed by atoms with Crippen LogP contribution in [0.2, 0.25) is 0 Å². The van der Waals surface area contributed by atoms with Crippen LogP contribution in [-0.4, -0.2) is 0 Å². The average Bonchev–Trinajstić information content (AvgIpc) is 2.63. The summed E-state index contributed by atoms with van der Waals surface area (Å²) < 4.78 is 0. The third kappa shape index (κ3) is 2.56. The van der Waals surface area contributed by atoms with E-state index in [0.29, 0.717) is 0 Å². The van der Waals surface area contributed by atoms with E-state index >= 15 is 0 Å². The van der Waals surface area contributed by atoms with Crippen LogP contribution in [-0.2, 0) is 0 Å². The second-order valence-corrected chi connectivity index (χ2v) is 6.24. The lowest BCUT2D eigenvalue weighted by Crippen LogP contribution is -2.03. The van der Waals surface area contributed by atoms with Crippen LogP contribution in [0.3, 0.4) is 0 Å². The molecule has 4 aromatic rings. The van der Waals surface area contributed by atoms with Gasteiger partial charge >= 0.3 is 0 Å². The molecule has 0 aliphatic carbocycles. The van der Waals surface area contributed by atoms with Crippen molar-refractivity contribution < 1.29 is 0 Å². The lowest BCUT2D eigenvalue weighted by Gasteiger charge is -2.16. The molecule has 0 heterocycles. The topological polar surface area (TPSA) is 0 Å². The van der Waals surface area contributed by atoms with Crippen LogP contribution in [0.15, 0.2) is 91.0 Å². The zero-order valence-electron chi connectivity index (χ0n) is 12.7. The standard InChI is InChI=1S/C22H17P/c23-22-20(16-9-3-1-4-10-16)15-18-13-7-8-14-19(18)21(22)17-11-5-2-6-12-17/h1-15H,23H2. The van der Waals surface area contributed by atoms with E-state index in [1.807, 2.05) is 0 Å². The summed E-state index contributed by atoms with van der Waals surface area (Å²) in [7, 11) is 2.96. The van der Waals surface area contributed by atoms with Crippen molar-refractivity contribution in [3.05, 3.63) is 91.0 Å². The average molecular weight is 312 g/mol. The molecule has 0 nitrogen and oxygen atoms in total. The van der Waals surface area contributed by atoms with Crippen LogP contribution in [0, 0.1) is 0 Å². The molecule has 0 N–H and O–H groups in total. The molecule has 1 unspecified atom stereocenters. The van der Waals surface area contributed by atoms with Crippen molar-refractivity contribution in [1.82, 2.24) is 0 Å². The van der Waals surface area contributed by atoms with Gasteiger partial charge < -0.3 is 0 Å². The number of hydrogen-bond acceptors (Lipinski definition) is 0. The van der Waals surface area contributed by atoms with Gasteiger partial charge in [0.25, 0.3) is 0 Å². The highest BCUT2D eigenvalue weighted by Gasteiger charge is 2.12. The Morgan fingerprint density at radius 1 is 0.565 bits per heavy atom. The highest BCUT2D eigenvalue weighted by molar-refractivity contribution is 7.28. The molecule has 0 amide bonds. The molecule has 0 saturated heterocycles. The normalized spacial score (nSPS) is 10.8. The van der Waals surface area contributed by atoms with Gasteiger partial charge in [-0.2, -0.15) is 0 Å². The highest BCUT2D eigenvalue weighted by Crippen LogP contribution is 2.33. The predicted molar refractivity (Wildman–Crippen MR) is 104 cm³/mol. The quantitative estimate of drug-likeness (QED) is 0.418. The van der Waals surface area contributed by atoms with Gasteiger partial charge in [0.15, 0.2) is 0 Å². The van der Waals surface area contributed by atoms with E-state index in [-0.39, 0.29) is 0 Å². The van der Waals surface area contributed by atoms with E-state index in [1.165, 1.54) is 38.3 Å². The Morgan fingerprint density at radius 3 is 1.83 bits per heavy atom. The predicted octanol–water partition coefficient (Wildman–Crippen LogP) is 5.67.